The number of halogens is 3. The summed E-state index contributed by atoms with van der Waals surface area (Å²) >= 11 is 6.50. The molecule has 2 aromatic carbocycles. The smallest absolute Gasteiger partial charge is 0.243 e. The van der Waals surface area contributed by atoms with Gasteiger partial charge in [-0.15, -0.1) is 0 Å². The minimum absolute atomic E-state index is 0.0348. The van der Waals surface area contributed by atoms with E-state index in [9.17, 15) is 18.0 Å². The molecule has 294 valence electrons. The van der Waals surface area contributed by atoms with E-state index in [-0.39, 0.29) is 34.0 Å². The van der Waals surface area contributed by atoms with Crippen LogP contribution in [0.1, 0.15) is 42.9 Å². The number of imide groups is 1. The Labute approximate surface area is 326 Å². The third kappa shape index (κ3) is 7.35. The van der Waals surface area contributed by atoms with Crippen LogP contribution in [0.4, 0.5) is 14.5 Å². The number of piperidine rings is 2. The van der Waals surface area contributed by atoms with E-state index in [4.69, 9.17) is 16.3 Å². The van der Waals surface area contributed by atoms with Crippen molar-refractivity contribution in [1.82, 2.24) is 39.3 Å². The van der Waals surface area contributed by atoms with Gasteiger partial charge in [0.05, 0.1) is 34.0 Å². The number of piperazine rings is 1. The van der Waals surface area contributed by atoms with E-state index in [0.29, 0.717) is 73.7 Å². The Morgan fingerprint density at radius 1 is 0.964 bits per heavy atom. The Morgan fingerprint density at radius 2 is 1.70 bits per heavy atom. The number of fused-ring (bicyclic) bond motifs is 1. The van der Waals surface area contributed by atoms with Crippen LogP contribution in [-0.2, 0) is 26.7 Å². The molecule has 6 heterocycles. The summed E-state index contributed by atoms with van der Waals surface area (Å²) in [5.74, 6) is -2.36. The lowest BCUT2D eigenvalue weighted by Crippen LogP contribution is -2.50. The van der Waals surface area contributed by atoms with Gasteiger partial charge in [-0.2, -0.15) is 9.40 Å². The molecule has 3 aliphatic rings. The molecule has 2 amide bonds. The Bertz CT molecular complexity index is 2430. The number of hydrogen-bond acceptors (Lipinski definition) is 10. The number of benzene rings is 2. The van der Waals surface area contributed by atoms with E-state index in [0.717, 1.165) is 30.6 Å². The molecule has 0 spiro atoms. The first-order chi connectivity index (χ1) is 26.8. The Morgan fingerprint density at radius 3 is 2.38 bits per heavy atom. The fraction of sp³-hybridized carbons (Fsp3) is 0.395. The molecular weight excluding hydrogens is 768 g/mol. The summed E-state index contributed by atoms with van der Waals surface area (Å²) in [5.41, 5.74) is 2.65. The number of aryl methyl sites for hydroxylation is 2. The molecule has 0 unspecified atom stereocenters. The second-order valence-electron chi connectivity index (χ2n) is 14.5. The standard InChI is InChI=1S/C38H40ClF2N9O5S/c1-22-28(21-47(2)46-22)36-44-34-35(29(39)19-42-37(34)45-36)55-24-3-5-25(6-4-24)56(53,54)50-17-15-48(16-18-50)20-23-11-13-49(14-12-23)30-9-7-26(32(40)33(30)41)27-8-10-31(51)43-38(27)52/h3-7,9,19,21,23,27H,8,10-18,20H2,1-2H3,(H,42,44,45)(H,43,51,52)/t27-/m1/s1. The molecule has 1 atom stereocenters. The number of aromatic amines is 1. The maximum atomic E-state index is 15.3. The normalized spacial score (nSPS) is 19.2. The summed E-state index contributed by atoms with van der Waals surface area (Å²) < 4.78 is 67.0. The van der Waals surface area contributed by atoms with Crippen LogP contribution in [0.2, 0.25) is 5.02 Å². The van der Waals surface area contributed by atoms with Crippen LogP contribution >= 0.6 is 11.6 Å². The van der Waals surface area contributed by atoms with Crippen molar-refractivity contribution in [3.8, 4) is 22.9 Å². The molecule has 3 aliphatic heterocycles. The zero-order chi connectivity index (χ0) is 39.3. The number of sulfonamides is 1. The molecule has 56 heavy (non-hydrogen) atoms. The lowest BCUT2D eigenvalue weighted by Gasteiger charge is -2.39. The monoisotopic (exact) mass is 807 g/mol. The summed E-state index contributed by atoms with van der Waals surface area (Å²) in [5, 5.41) is 6.84. The average Bonchev–Trinajstić information content (AvgIpc) is 3.77. The highest BCUT2D eigenvalue weighted by molar-refractivity contribution is 7.89. The number of H-pyrrole nitrogens is 1. The molecular formula is C38H40ClF2N9O5S. The number of carbonyl (C=O) groups is 2. The van der Waals surface area contributed by atoms with Crippen LogP contribution in [0.5, 0.6) is 11.5 Å². The molecule has 2 N–H and O–H groups in total. The lowest BCUT2D eigenvalue weighted by atomic mass is 9.89. The fourth-order valence-electron chi connectivity index (χ4n) is 7.85. The van der Waals surface area contributed by atoms with Crippen molar-refractivity contribution in [2.45, 2.75) is 43.4 Å². The van der Waals surface area contributed by atoms with Gasteiger partial charge in [0.15, 0.2) is 23.0 Å². The minimum atomic E-state index is -3.76. The molecule has 0 bridgehead atoms. The summed E-state index contributed by atoms with van der Waals surface area (Å²) in [6.45, 7) is 5.57. The molecule has 3 fully saturated rings. The van der Waals surface area contributed by atoms with E-state index in [1.807, 2.05) is 25.1 Å². The van der Waals surface area contributed by atoms with Gasteiger partial charge in [0, 0.05) is 71.0 Å². The van der Waals surface area contributed by atoms with Crippen molar-refractivity contribution in [3.63, 3.8) is 0 Å². The summed E-state index contributed by atoms with van der Waals surface area (Å²) in [4.78, 5) is 40.1. The summed E-state index contributed by atoms with van der Waals surface area (Å²) in [6.07, 6.45) is 5.07. The highest BCUT2D eigenvalue weighted by atomic mass is 35.5. The molecule has 3 saturated heterocycles. The molecule has 0 saturated carbocycles. The van der Waals surface area contributed by atoms with Crippen molar-refractivity contribution in [1.29, 1.82) is 0 Å². The number of anilines is 1. The number of hydrogen-bond donors (Lipinski definition) is 2. The summed E-state index contributed by atoms with van der Waals surface area (Å²) in [6, 6.07) is 9.19. The van der Waals surface area contributed by atoms with Gasteiger partial charge in [-0.05, 0) is 62.4 Å². The van der Waals surface area contributed by atoms with Gasteiger partial charge in [0.25, 0.3) is 0 Å². The first kappa shape index (κ1) is 37.9. The van der Waals surface area contributed by atoms with Crippen molar-refractivity contribution in [3.05, 3.63) is 76.7 Å². The molecule has 0 radical (unpaired) electrons. The predicted molar refractivity (Wildman–Crippen MR) is 204 cm³/mol. The van der Waals surface area contributed by atoms with Gasteiger partial charge in [-0.3, -0.25) is 19.6 Å². The zero-order valence-corrected chi connectivity index (χ0v) is 32.3. The van der Waals surface area contributed by atoms with Gasteiger partial charge >= 0.3 is 0 Å². The van der Waals surface area contributed by atoms with Gasteiger partial charge in [0.1, 0.15) is 22.1 Å². The molecule has 3 aromatic heterocycles. The van der Waals surface area contributed by atoms with Crippen LogP contribution in [0.25, 0.3) is 22.6 Å². The average molecular weight is 808 g/mol. The first-order valence-electron chi connectivity index (χ1n) is 18.5. The first-order valence-corrected chi connectivity index (χ1v) is 20.3. The number of aromatic nitrogens is 5. The maximum Gasteiger partial charge on any atom is 0.243 e. The van der Waals surface area contributed by atoms with Crippen molar-refractivity contribution in [2.75, 3.05) is 50.7 Å². The number of nitrogens with zero attached hydrogens (tertiary/aromatic N) is 7. The quantitative estimate of drug-likeness (QED) is 0.191. The fourth-order valence-corrected chi connectivity index (χ4v) is 9.45. The predicted octanol–water partition coefficient (Wildman–Crippen LogP) is 5.13. The molecule has 5 aromatic rings. The van der Waals surface area contributed by atoms with Crippen LogP contribution < -0.4 is 15.0 Å². The second kappa shape index (κ2) is 15.2. The van der Waals surface area contributed by atoms with Gasteiger partial charge in [-0.1, -0.05) is 17.7 Å². The van der Waals surface area contributed by atoms with Gasteiger partial charge in [0.2, 0.25) is 21.8 Å². The minimum Gasteiger partial charge on any atom is -0.453 e. The largest absolute Gasteiger partial charge is 0.453 e. The van der Waals surface area contributed by atoms with E-state index >= 15 is 8.78 Å². The highest BCUT2D eigenvalue weighted by Crippen LogP contribution is 2.37. The number of pyridine rings is 1. The number of rotatable bonds is 9. The highest BCUT2D eigenvalue weighted by Gasteiger charge is 2.34. The van der Waals surface area contributed by atoms with Gasteiger partial charge < -0.3 is 19.5 Å². The number of nitrogens with one attached hydrogen (secondary N) is 2. The molecule has 8 rings (SSSR count). The molecule has 18 heteroatoms. The van der Waals surface area contributed by atoms with Crippen LogP contribution in [0, 0.1) is 24.5 Å². The molecule has 0 aliphatic carbocycles. The van der Waals surface area contributed by atoms with Crippen LogP contribution in [-0.4, -0.2) is 100.0 Å². The van der Waals surface area contributed by atoms with E-state index < -0.39 is 39.4 Å². The third-order valence-corrected chi connectivity index (χ3v) is 13.1. The van der Waals surface area contributed by atoms with Crippen LogP contribution in [0.15, 0.2) is 53.7 Å². The van der Waals surface area contributed by atoms with Gasteiger partial charge in [-0.25, -0.2) is 27.2 Å². The zero-order valence-electron chi connectivity index (χ0n) is 30.8. The van der Waals surface area contributed by atoms with Crippen molar-refractivity contribution in [2.24, 2.45) is 13.0 Å². The van der Waals surface area contributed by atoms with E-state index in [2.05, 4.69) is 30.3 Å². The Kier molecular flexibility index (Phi) is 10.3. The number of carbonyl (C=O) groups excluding carboxylic acids is 2. The van der Waals surface area contributed by atoms with Crippen molar-refractivity contribution < 1.29 is 31.5 Å². The Hall–Kier alpha value is -4.97. The SMILES string of the molecule is Cc1nn(C)cc1-c1nc2ncc(Cl)c(Oc3ccc(S(=O)(=O)N4CCN(CC5CCN(c6ccc([C@H]7CCC(=O)NC7=O)c(F)c6F)CC5)CC4)cc3)c2[nH]1. The Balaban J connectivity index is 0.844. The number of amides is 2. The molecule has 14 nitrogen and oxygen atoms in total. The lowest BCUT2D eigenvalue weighted by molar-refractivity contribution is -0.134. The van der Waals surface area contributed by atoms with E-state index in [1.54, 1.807) is 16.8 Å². The second-order valence-corrected chi connectivity index (χ2v) is 16.9. The number of imidazole rings is 1. The summed E-state index contributed by atoms with van der Waals surface area (Å²) in [7, 11) is -1.93. The third-order valence-electron chi connectivity index (χ3n) is 10.9. The maximum absolute atomic E-state index is 15.3. The topological polar surface area (TPSA) is 159 Å². The van der Waals surface area contributed by atoms with Crippen LogP contribution in [0.3, 0.4) is 0 Å². The van der Waals surface area contributed by atoms with E-state index in [1.165, 1.54) is 34.8 Å². The van der Waals surface area contributed by atoms with Crippen molar-refractivity contribution >= 4 is 50.3 Å². The number of ether oxygens (including phenoxy) is 1.